The molecule has 0 aliphatic carbocycles. The van der Waals surface area contributed by atoms with Gasteiger partial charge in [-0.05, 0) is 25.1 Å². The SMILES string of the molecule is CCOc1cc(Br)ccc1C=C[N+](=O)[O-]. The van der Waals surface area contributed by atoms with Crippen LogP contribution in [0.1, 0.15) is 12.5 Å². The van der Waals surface area contributed by atoms with Gasteiger partial charge in [0.2, 0.25) is 6.20 Å². The third kappa shape index (κ3) is 3.71. The molecule has 0 aromatic heterocycles. The number of benzene rings is 1. The maximum atomic E-state index is 10.2. The molecule has 0 spiro atoms. The summed E-state index contributed by atoms with van der Waals surface area (Å²) in [7, 11) is 0. The first-order chi connectivity index (χ1) is 7.13. The zero-order valence-electron chi connectivity index (χ0n) is 8.14. The number of halogens is 1. The molecular formula is C10H10BrNO3. The van der Waals surface area contributed by atoms with Gasteiger partial charge in [-0.3, -0.25) is 10.1 Å². The van der Waals surface area contributed by atoms with E-state index in [0.717, 1.165) is 10.7 Å². The molecule has 0 unspecified atom stereocenters. The molecule has 5 heteroatoms. The third-order valence-electron chi connectivity index (χ3n) is 1.65. The topological polar surface area (TPSA) is 52.4 Å². The first-order valence-electron chi connectivity index (χ1n) is 4.37. The van der Waals surface area contributed by atoms with Crippen molar-refractivity contribution in [1.82, 2.24) is 0 Å². The molecule has 1 aromatic carbocycles. The first-order valence-corrected chi connectivity index (χ1v) is 5.17. The van der Waals surface area contributed by atoms with Crippen LogP contribution in [0.4, 0.5) is 0 Å². The van der Waals surface area contributed by atoms with Crippen LogP contribution in [-0.4, -0.2) is 11.5 Å². The highest BCUT2D eigenvalue weighted by atomic mass is 79.9. The maximum Gasteiger partial charge on any atom is 0.235 e. The third-order valence-corrected chi connectivity index (χ3v) is 2.14. The van der Waals surface area contributed by atoms with Gasteiger partial charge in [-0.15, -0.1) is 0 Å². The summed E-state index contributed by atoms with van der Waals surface area (Å²) in [6.07, 6.45) is 2.31. The van der Waals surface area contributed by atoms with Gasteiger partial charge in [0.1, 0.15) is 5.75 Å². The summed E-state index contributed by atoms with van der Waals surface area (Å²) in [6, 6.07) is 5.35. The summed E-state index contributed by atoms with van der Waals surface area (Å²) in [6.45, 7) is 2.39. The van der Waals surface area contributed by atoms with Gasteiger partial charge in [0, 0.05) is 16.1 Å². The van der Waals surface area contributed by atoms with Crippen LogP contribution in [0.3, 0.4) is 0 Å². The van der Waals surface area contributed by atoms with Crippen LogP contribution in [0.5, 0.6) is 5.75 Å². The number of ether oxygens (including phenoxy) is 1. The predicted molar refractivity (Wildman–Crippen MR) is 61.3 cm³/mol. The average molecular weight is 272 g/mol. The Balaban J connectivity index is 3.00. The molecule has 0 heterocycles. The average Bonchev–Trinajstić information content (AvgIpc) is 2.17. The molecule has 0 fully saturated rings. The Hall–Kier alpha value is -1.36. The van der Waals surface area contributed by atoms with E-state index in [0.29, 0.717) is 17.9 Å². The lowest BCUT2D eigenvalue weighted by atomic mass is 10.2. The van der Waals surface area contributed by atoms with Crippen molar-refractivity contribution in [2.75, 3.05) is 6.61 Å². The molecule has 4 nitrogen and oxygen atoms in total. The van der Waals surface area contributed by atoms with Crippen LogP contribution in [0.15, 0.2) is 28.9 Å². The lowest BCUT2D eigenvalue weighted by Gasteiger charge is -2.06. The van der Waals surface area contributed by atoms with Crippen LogP contribution in [0, 0.1) is 10.1 Å². The standard InChI is InChI=1S/C10H10BrNO3/c1-2-15-10-7-9(11)4-3-8(10)5-6-12(13)14/h3-7H,2H2,1H3. The van der Waals surface area contributed by atoms with Crippen molar-refractivity contribution in [1.29, 1.82) is 0 Å². The van der Waals surface area contributed by atoms with Gasteiger partial charge in [-0.25, -0.2) is 0 Å². The highest BCUT2D eigenvalue weighted by molar-refractivity contribution is 9.10. The number of hydrogen-bond donors (Lipinski definition) is 0. The molecule has 0 radical (unpaired) electrons. The van der Waals surface area contributed by atoms with E-state index in [-0.39, 0.29) is 0 Å². The fourth-order valence-electron chi connectivity index (χ4n) is 1.07. The summed E-state index contributed by atoms with van der Waals surface area (Å²) >= 11 is 3.31. The number of hydrogen-bond acceptors (Lipinski definition) is 3. The van der Waals surface area contributed by atoms with Crippen molar-refractivity contribution in [2.24, 2.45) is 0 Å². The Bertz CT molecular complexity index is 390. The second-order valence-electron chi connectivity index (χ2n) is 2.72. The second kappa shape index (κ2) is 5.50. The molecule has 0 saturated carbocycles. The summed E-state index contributed by atoms with van der Waals surface area (Å²) in [5, 5.41) is 10.2. The van der Waals surface area contributed by atoms with Gasteiger partial charge >= 0.3 is 0 Å². The van der Waals surface area contributed by atoms with E-state index in [1.54, 1.807) is 12.1 Å². The molecule has 1 aromatic rings. The lowest BCUT2D eigenvalue weighted by Crippen LogP contribution is -1.94. The summed E-state index contributed by atoms with van der Waals surface area (Å²) < 4.78 is 6.23. The minimum atomic E-state index is -0.502. The van der Waals surface area contributed by atoms with Gasteiger partial charge in [0.15, 0.2) is 0 Å². The molecule has 0 aliphatic heterocycles. The lowest BCUT2D eigenvalue weighted by molar-refractivity contribution is -0.400. The smallest absolute Gasteiger partial charge is 0.235 e. The fourth-order valence-corrected chi connectivity index (χ4v) is 1.41. The number of rotatable bonds is 4. The van der Waals surface area contributed by atoms with Crippen molar-refractivity contribution < 1.29 is 9.66 Å². The molecule has 0 N–H and O–H groups in total. The Kier molecular flexibility index (Phi) is 4.30. The number of nitro groups is 1. The van der Waals surface area contributed by atoms with Crippen molar-refractivity contribution >= 4 is 22.0 Å². The van der Waals surface area contributed by atoms with Gasteiger partial charge in [-0.2, -0.15) is 0 Å². The van der Waals surface area contributed by atoms with Crippen LogP contribution in [0.2, 0.25) is 0 Å². The molecule has 15 heavy (non-hydrogen) atoms. The highest BCUT2D eigenvalue weighted by Gasteiger charge is 2.02. The number of nitrogens with zero attached hydrogens (tertiary/aromatic N) is 1. The molecule has 0 aliphatic rings. The molecule has 0 amide bonds. The Morgan fingerprint density at radius 1 is 1.60 bits per heavy atom. The molecule has 0 saturated heterocycles. The van der Waals surface area contributed by atoms with Crippen LogP contribution in [-0.2, 0) is 0 Å². The largest absolute Gasteiger partial charge is 0.493 e. The van der Waals surface area contributed by atoms with Crippen molar-refractivity contribution in [3.8, 4) is 5.75 Å². The van der Waals surface area contributed by atoms with Crippen LogP contribution < -0.4 is 4.74 Å². The van der Waals surface area contributed by atoms with Crippen molar-refractivity contribution in [3.05, 3.63) is 44.5 Å². The van der Waals surface area contributed by atoms with Crippen LogP contribution in [0.25, 0.3) is 6.08 Å². The second-order valence-corrected chi connectivity index (χ2v) is 3.63. The molecule has 0 atom stereocenters. The van der Waals surface area contributed by atoms with E-state index in [2.05, 4.69) is 15.9 Å². The quantitative estimate of drug-likeness (QED) is 0.625. The summed E-state index contributed by atoms with van der Waals surface area (Å²) in [4.78, 5) is 9.68. The van der Waals surface area contributed by atoms with Gasteiger partial charge < -0.3 is 4.74 Å². The molecule has 0 bridgehead atoms. The zero-order chi connectivity index (χ0) is 11.3. The van der Waals surface area contributed by atoms with E-state index >= 15 is 0 Å². The van der Waals surface area contributed by atoms with E-state index in [1.165, 1.54) is 6.08 Å². The van der Waals surface area contributed by atoms with Gasteiger partial charge in [-0.1, -0.05) is 15.9 Å². The Labute approximate surface area is 95.8 Å². The van der Waals surface area contributed by atoms with E-state index in [1.807, 2.05) is 13.0 Å². The molecule has 1 rings (SSSR count). The van der Waals surface area contributed by atoms with Crippen LogP contribution >= 0.6 is 15.9 Å². The first kappa shape index (κ1) is 11.7. The Morgan fingerprint density at radius 3 is 2.93 bits per heavy atom. The minimum Gasteiger partial charge on any atom is -0.493 e. The van der Waals surface area contributed by atoms with Crippen molar-refractivity contribution in [3.63, 3.8) is 0 Å². The molecule has 80 valence electrons. The zero-order valence-corrected chi connectivity index (χ0v) is 9.73. The monoisotopic (exact) mass is 271 g/mol. The maximum absolute atomic E-state index is 10.2. The highest BCUT2D eigenvalue weighted by Crippen LogP contribution is 2.24. The minimum absolute atomic E-state index is 0.502. The predicted octanol–water partition coefficient (Wildman–Crippen LogP) is 3.10. The fraction of sp³-hybridized carbons (Fsp3) is 0.200. The summed E-state index contributed by atoms with van der Waals surface area (Å²) in [5.74, 6) is 0.630. The van der Waals surface area contributed by atoms with Crippen molar-refractivity contribution in [2.45, 2.75) is 6.92 Å². The summed E-state index contributed by atoms with van der Waals surface area (Å²) in [5.41, 5.74) is 0.691. The van der Waals surface area contributed by atoms with Gasteiger partial charge in [0.25, 0.3) is 0 Å². The van der Waals surface area contributed by atoms with E-state index in [4.69, 9.17) is 4.74 Å². The van der Waals surface area contributed by atoms with E-state index in [9.17, 15) is 10.1 Å². The normalized spacial score (nSPS) is 10.5. The van der Waals surface area contributed by atoms with Gasteiger partial charge in [0.05, 0.1) is 11.5 Å². The molecular weight excluding hydrogens is 262 g/mol. The Morgan fingerprint density at radius 2 is 2.33 bits per heavy atom. The van der Waals surface area contributed by atoms with E-state index < -0.39 is 4.92 Å².